The number of ether oxygens (including phenoxy) is 2. The van der Waals surface area contributed by atoms with Gasteiger partial charge in [0.15, 0.2) is 11.6 Å². The molecule has 1 fully saturated rings. The topological polar surface area (TPSA) is 72.9 Å². The van der Waals surface area contributed by atoms with E-state index in [4.69, 9.17) is 4.74 Å². The van der Waals surface area contributed by atoms with E-state index in [1.54, 1.807) is 0 Å². The second-order valence-electron chi connectivity index (χ2n) is 6.51. The number of rotatable bonds is 5. The first kappa shape index (κ1) is 22.0. The Bertz CT molecular complexity index is 1040. The Morgan fingerprint density at radius 1 is 1.10 bits per heavy atom. The smallest absolute Gasteiger partial charge is 0.417 e. The van der Waals surface area contributed by atoms with Crippen LogP contribution >= 0.6 is 0 Å². The van der Waals surface area contributed by atoms with Crippen LogP contribution in [-0.4, -0.2) is 44.5 Å². The number of halogens is 4. The van der Waals surface area contributed by atoms with Gasteiger partial charge in [0.2, 0.25) is 10.0 Å². The molecule has 2 aromatic rings. The number of esters is 1. The van der Waals surface area contributed by atoms with Gasteiger partial charge in [-0.3, -0.25) is 4.79 Å². The zero-order valence-electron chi connectivity index (χ0n) is 15.6. The molecule has 2 atom stereocenters. The number of sulfonamides is 1. The first-order valence-corrected chi connectivity index (χ1v) is 10.2. The van der Waals surface area contributed by atoms with E-state index in [2.05, 4.69) is 4.74 Å². The Morgan fingerprint density at radius 3 is 2.37 bits per heavy atom. The summed E-state index contributed by atoms with van der Waals surface area (Å²) in [5, 5.41) is 0. The van der Waals surface area contributed by atoms with Crippen LogP contribution in [0.15, 0.2) is 53.4 Å². The molecule has 2 unspecified atom stereocenters. The molecule has 0 amide bonds. The Morgan fingerprint density at radius 2 is 1.73 bits per heavy atom. The zero-order chi connectivity index (χ0) is 22.1. The van der Waals surface area contributed by atoms with Crippen molar-refractivity contribution in [1.82, 2.24) is 4.31 Å². The maximum Gasteiger partial charge on any atom is 0.417 e. The highest BCUT2D eigenvalue weighted by atomic mass is 32.2. The van der Waals surface area contributed by atoms with E-state index >= 15 is 0 Å². The van der Waals surface area contributed by atoms with Gasteiger partial charge in [-0.25, -0.2) is 12.8 Å². The van der Waals surface area contributed by atoms with Gasteiger partial charge < -0.3 is 9.47 Å². The fourth-order valence-electron chi connectivity index (χ4n) is 3.24. The number of benzene rings is 2. The van der Waals surface area contributed by atoms with Crippen molar-refractivity contribution in [1.29, 1.82) is 0 Å². The highest BCUT2D eigenvalue weighted by Gasteiger charge is 2.48. The minimum Gasteiger partial charge on any atom is -0.486 e. The number of hydrogen-bond acceptors (Lipinski definition) is 5. The van der Waals surface area contributed by atoms with E-state index in [-0.39, 0.29) is 12.2 Å². The molecule has 1 aliphatic heterocycles. The van der Waals surface area contributed by atoms with Crippen LogP contribution in [0.4, 0.5) is 17.6 Å². The SMILES string of the molecule is COC(=O)C1CC(Oc2ccccc2F)CN1S(=O)(=O)c1ccccc1C(F)(F)F. The summed E-state index contributed by atoms with van der Waals surface area (Å²) in [5.74, 6) is -1.82. The highest BCUT2D eigenvalue weighted by Crippen LogP contribution is 2.37. The molecule has 0 saturated carbocycles. The molecule has 0 spiro atoms. The van der Waals surface area contributed by atoms with Crippen LogP contribution in [0.5, 0.6) is 5.75 Å². The molecule has 162 valence electrons. The predicted molar refractivity (Wildman–Crippen MR) is 96.6 cm³/mol. The van der Waals surface area contributed by atoms with Crippen LogP contribution in [0.25, 0.3) is 0 Å². The van der Waals surface area contributed by atoms with Crippen LogP contribution in [0.1, 0.15) is 12.0 Å². The van der Waals surface area contributed by atoms with Crippen molar-refractivity contribution < 1.29 is 40.2 Å². The zero-order valence-corrected chi connectivity index (χ0v) is 16.4. The second kappa shape index (κ2) is 8.23. The van der Waals surface area contributed by atoms with E-state index in [0.29, 0.717) is 10.4 Å². The van der Waals surface area contributed by atoms with Gasteiger partial charge in [-0.1, -0.05) is 24.3 Å². The highest BCUT2D eigenvalue weighted by molar-refractivity contribution is 7.89. The fraction of sp³-hybridized carbons (Fsp3) is 0.316. The summed E-state index contributed by atoms with van der Waals surface area (Å²) in [6.07, 6.45) is -6.11. The van der Waals surface area contributed by atoms with Crippen LogP contribution < -0.4 is 4.74 Å². The Labute approximate surface area is 170 Å². The van der Waals surface area contributed by atoms with E-state index in [0.717, 1.165) is 31.4 Å². The molecule has 2 aromatic carbocycles. The molecule has 6 nitrogen and oxygen atoms in total. The van der Waals surface area contributed by atoms with Gasteiger partial charge in [0.25, 0.3) is 0 Å². The summed E-state index contributed by atoms with van der Waals surface area (Å²) >= 11 is 0. The monoisotopic (exact) mass is 447 g/mol. The van der Waals surface area contributed by atoms with Crippen molar-refractivity contribution in [2.24, 2.45) is 0 Å². The number of para-hydroxylation sites is 1. The fourth-order valence-corrected chi connectivity index (χ4v) is 5.08. The first-order chi connectivity index (χ1) is 14.1. The lowest BCUT2D eigenvalue weighted by Gasteiger charge is -2.23. The molecule has 0 N–H and O–H groups in total. The van der Waals surface area contributed by atoms with Crippen LogP contribution in [0.2, 0.25) is 0 Å². The van der Waals surface area contributed by atoms with E-state index < -0.39 is 57.1 Å². The number of methoxy groups -OCH3 is 1. The molecule has 0 aliphatic carbocycles. The number of nitrogens with zero attached hydrogens (tertiary/aromatic N) is 1. The summed E-state index contributed by atoms with van der Waals surface area (Å²) < 4.78 is 90.8. The van der Waals surface area contributed by atoms with E-state index in [1.807, 2.05) is 0 Å². The van der Waals surface area contributed by atoms with Crippen molar-refractivity contribution in [3.05, 3.63) is 59.9 Å². The lowest BCUT2D eigenvalue weighted by Crippen LogP contribution is -2.41. The maximum atomic E-state index is 13.9. The van der Waals surface area contributed by atoms with Gasteiger partial charge in [-0.05, 0) is 24.3 Å². The Balaban J connectivity index is 1.98. The minimum atomic E-state index is -4.92. The van der Waals surface area contributed by atoms with Crippen LogP contribution in [0, 0.1) is 5.82 Å². The summed E-state index contributed by atoms with van der Waals surface area (Å²) in [6, 6.07) is 7.64. The summed E-state index contributed by atoms with van der Waals surface area (Å²) in [5.41, 5.74) is -1.35. The molecule has 11 heteroatoms. The van der Waals surface area contributed by atoms with Crippen molar-refractivity contribution in [3.63, 3.8) is 0 Å². The van der Waals surface area contributed by atoms with Crippen LogP contribution in [-0.2, 0) is 25.7 Å². The molecule has 0 aromatic heterocycles. The molecule has 0 radical (unpaired) electrons. The van der Waals surface area contributed by atoms with Crippen molar-refractivity contribution in [2.75, 3.05) is 13.7 Å². The quantitative estimate of drug-likeness (QED) is 0.520. The van der Waals surface area contributed by atoms with E-state index in [1.165, 1.54) is 18.2 Å². The number of alkyl halides is 3. The normalized spacial score (nSPS) is 20.2. The molecule has 0 bridgehead atoms. The molecular formula is C19H17F4NO5S. The molecule has 1 heterocycles. The van der Waals surface area contributed by atoms with Gasteiger partial charge >= 0.3 is 12.1 Å². The Hall–Kier alpha value is -2.66. The lowest BCUT2D eigenvalue weighted by atomic mass is 10.2. The standard InChI is InChI=1S/C19H17F4NO5S/c1-28-18(25)15-10-12(29-16-8-4-3-7-14(16)20)11-24(15)30(26,27)17-9-5-2-6-13(17)19(21,22)23/h2-9,12,15H,10-11H2,1H3. The average Bonchev–Trinajstić information content (AvgIpc) is 3.13. The molecule has 1 saturated heterocycles. The molecule has 3 rings (SSSR count). The first-order valence-electron chi connectivity index (χ1n) is 8.72. The second-order valence-corrected chi connectivity index (χ2v) is 8.37. The van der Waals surface area contributed by atoms with Gasteiger partial charge in [0.1, 0.15) is 12.1 Å². The van der Waals surface area contributed by atoms with Crippen LogP contribution in [0.3, 0.4) is 0 Å². The third-order valence-electron chi connectivity index (χ3n) is 4.60. The van der Waals surface area contributed by atoms with Gasteiger partial charge in [0.05, 0.1) is 24.1 Å². The summed E-state index contributed by atoms with van der Waals surface area (Å²) in [4.78, 5) is 11.2. The minimum absolute atomic E-state index is 0.166. The number of carbonyl (C=O) groups is 1. The maximum absolute atomic E-state index is 13.9. The number of carbonyl (C=O) groups excluding carboxylic acids is 1. The van der Waals surface area contributed by atoms with E-state index in [9.17, 15) is 30.8 Å². The van der Waals surface area contributed by atoms with Gasteiger partial charge in [-0.2, -0.15) is 17.5 Å². The lowest BCUT2D eigenvalue weighted by molar-refractivity contribution is -0.144. The van der Waals surface area contributed by atoms with Gasteiger partial charge in [0, 0.05) is 6.42 Å². The molecular weight excluding hydrogens is 430 g/mol. The van der Waals surface area contributed by atoms with Crippen molar-refractivity contribution in [3.8, 4) is 5.75 Å². The summed E-state index contributed by atoms with van der Waals surface area (Å²) in [7, 11) is -3.72. The molecule has 1 aliphatic rings. The average molecular weight is 447 g/mol. The summed E-state index contributed by atoms with van der Waals surface area (Å²) in [6.45, 7) is -0.456. The van der Waals surface area contributed by atoms with Crippen molar-refractivity contribution >= 4 is 16.0 Å². The molecule has 30 heavy (non-hydrogen) atoms. The predicted octanol–water partition coefficient (Wildman–Crippen LogP) is 3.23. The Kier molecular flexibility index (Phi) is 6.04. The third kappa shape index (κ3) is 4.26. The third-order valence-corrected chi connectivity index (χ3v) is 6.53. The van der Waals surface area contributed by atoms with Crippen molar-refractivity contribution in [2.45, 2.75) is 29.6 Å². The van der Waals surface area contributed by atoms with Gasteiger partial charge in [-0.15, -0.1) is 0 Å². The number of hydrogen-bond donors (Lipinski definition) is 0. The largest absolute Gasteiger partial charge is 0.486 e.